The third kappa shape index (κ3) is 3.87. The summed E-state index contributed by atoms with van der Waals surface area (Å²) in [5, 5.41) is 6.02. The molecule has 0 unspecified atom stereocenters. The van der Waals surface area contributed by atoms with E-state index in [1.165, 1.54) is 12.3 Å². The molecule has 0 bridgehead atoms. The van der Waals surface area contributed by atoms with Gasteiger partial charge in [0.25, 0.3) is 0 Å². The highest BCUT2D eigenvalue weighted by atomic mass is 35.5. The maximum atomic E-state index is 11.8. The summed E-state index contributed by atoms with van der Waals surface area (Å²) < 4.78 is 0. The Morgan fingerprint density at radius 2 is 2.00 bits per heavy atom. The van der Waals surface area contributed by atoms with Crippen LogP contribution in [0.2, 0.25) is 0 Å². The van der Waals surface area contributed by atoms with Crippen molar-refractivity contribution in [3.05, 3.63) is 28.7 Å². The Hall–Kier alpha value is -1.33. The molecule has 17 heavy (non-hydrogen) atoms. The minimum absolute atomic E-state index is 0. The lowest BCUT2D eigenvalue weighted by atomic mass is 9.97. The van der Waals surface area contributed by atoms with Crippen LogP contribution in [0.1, 0.15) is 12.8 Å². The Labute approximate surface area is 105 Å². The highest BCUT2D eigenvalue weighted by molar-refractivity contribution is 5.92. The average molecular weight is 258 g/mol. The summed E-state index contributed by atoms with van der Waals surface area (Å²) in [5.41, 5.74) is 0.475. The number of pyridine rings is 1. The summed E-state index contributed by atoms with van der Waals surface area (Å²) >= 11 is 0. The van der Waals surface area contributed by atoms with Crippen LogP contribution in [0.15, 0.2) is 23.1 Å². The first kappa shape index (κ1) is 13.7. The van der Waals surface area contributed by atoms with Crippen LogP contribution in [0.3, 0.4) is 0 Å². The predicted octanol–water partition coefficient (Wildman–Crippen LogP) is 0.735. The number of nitrogens with one attached hydrogen (secondary N) is 3. The number of rotatable bonds is 2. The van der Waals surface area contributed by atoms with E-state index >= 15 is 0 Å². The predicted molar refractivity (Wildman–Crippen MR) is 68.5 cm³/mol. The van der Waals surface area contributed by atoms with Crippen molar-refractivity contribution in [2.75, 3.05) is 18.4 Å². The first-order valence-electron chi connectivity index (χ1n) is 5.46. The zero-order valence-corrected chi connectivity index (χ0v) is 10.2. The fourth-order valence-corrected chi connectivity index (χ4v) is 1.82. The zero-order chi connectivity index (χ0) is 11.4. The second-order valence-corrected chi connectivity index (χ2v) is 3.96. The molecule has 1 saturated heterocycles. The van der Waals surface area contributed by atoms with Crippen LogP contribution >= 0.6 is 12.4 Å². The van der Waals surface area contributed by atoms with Gasteiger partial charge in [-0.1, -0.05) is 0 Å². The van der Waals surface area contributed by atoms with Gasteiger partial charge in [-0.25, -0.2) is 0 Å². The van der Waals surface area contributed by atoms with Gasteiger partial charge < -0.3 is 15.6 Å². The largest absolute Gasteiger partial charge is 0.327 e. The SMILES string of the molecule is Cl.O=C(Nc1ccc(=O)[nH]c1)C1CCNCC1. The van der Waals surface area contributed by atoms with Gasteiger partial charge in [0.05, 0.1) is 5.69 Å². The summed E-state index contributed by atoms with van der Waals surface area (Å²) in [6, 6.07) is 3.01. The summed E-state index contributed by atoms with van der Waals surface area (Å²) in [6.07, 6.45) is 3.26. The van der Waals surface area contributed by atoms with Crippen molar-refractivity contribution < 1.29 is 4.79 Å². The number of carbonyl (C=O) groups is 1. The number of hydrogen-bond acceptors (Lipinski definition) is 3. The third-order valence-corrected chi connectivity index (χ3v) is 2.76. The normalized spacial score (nSPS) is 16.0. The molecule has 0 atom stereocenters. The fraction of sp³-hybridized carbons (Fsp3) is 0.455. The number of H-pyrrole nitrogens is 1. The lowest BCUT2D eigenvalue weighted by Crippen LogP contribution is -2.34. The summed E-state index contributed by atoms with van der Waals surface area (Å²) in [7, 11) is 0. The van der Waals surface area contributed by atoms with Crippen LogP contribution in [0.5, 0.6) is 0 Å². The molecule has 3 N–H and O–H groups in total. The molecule has 1 aromatic heterocycles. The molecule has 5 nitrogen and oxygen atoms in total. The number of aromatic nitrogens is 1. The first-order valence-corrected chi connectivity index (χ1v) is 5.46. The Morgan fingerprint density at radius 1 is 1.29 bits per heavy atom. The molecule has 0 aromatic carbocycles. The quantitative estimate of drug-likeness (QED) is 0.732. The molecule has 1 fully saturated rings. The Kier molecular flexibility index (Phi) is 5.18. The highest BCUT2D eigenvalue weighted by Gasteiger charge is 2.20. The smallest absolute Gasteiger partial charge is 0.248 e. The van der Waals surface area contributed by atoms with E-state index in [9.17, 15) is 9.59 Å². The van der Waals surface area contributed by atoms with Gasteiger partial charge >= 0.3 is 0 Å². The van der Waals surface area contributed by atoms with Crippen molar-refractivity contribution in [2.24, 2.45) is 5.92 Å². The Bertz CT molecular complexity index is 406. The molecular formula is C11H16ClN3O2. The van der Waals surface area contributed by atoms with Gasteiger partial charge in [0, 0.05) is 18.2 Å². The maximum Gasteiger partial charge on any atom is 0.248 e. The summed E-state index contributed by atoms with van der Waals surface area (Å²) in [5.74, 6) is 0.113. The lowest BCUT2D eigenvalue weighted by molar-refractivity contribution is -0.120. The van der Waals surface area contributed by atoms with Crippen molar-refractivity contribution >= 4 is 24.0 Å². The number of halogens is 1. The maximum absolute atomic E-state index is 11.8. The van der Waals surface area contributed by atoms with Crippen LogP contribution in [-0.4, -0.2) is 24.0 Å². The van der Waals surface area contributed by atoms with E-state index in [1.54, 1.807) is 6.07 Å². The number of carbonyl (C=O) groups excluding carboxylic acids is 1. The van der Waals surface area contributed by atoms with Crippen LogP contribution in [0.25, 0.3) is 0 Å². The molecule has 1 aromatic rings. The van der Waals surface area contributed by atoms with Crippen LogP contribution in [0, 0.1) is 5.92 Å². The van der Waals surface area contributed by atoms with Gasteiger partial charge in [-0.3, -0.25) is 9.59 Å². The topological polar surface area (TPSA) is 74.0 Å². The highest BCUT2D eigenvalue weighted by Crippen LogP contribution is 2.14. The molecule has 1 amide bonds. The van der Waals surface area contributed by atoms with Gasteiger partial charge in [-0.15, -0.1) is 12.4 Å². The van der Waals surface area contributed by atoms with E-state index in [1.807, 2.05) is 0 Å². The van der Waals surface area contributed by atoms with E-state index in [0.29, 0.717) is 5.69 Å². The third-order valence-electron chi connectivity index (χ3n) is 2.76. The molecule has 2 rings (SSSR count). The van der Waals surface area contributed by atoms with E-state index in [0.717, 1.165) is 25.9 Å². The standard InChI is InChI=1S/C11H15N3O2.ClH/c15-10-2-1-9(7-13-10)14-11(16)8-3-5-12-6-4-8;/h1-2,7-8,12H,3-6H2,(H,13,15)(H,14,16);1H. The van der Waals surface area contributed by atoms with E-state index in [4.69, 9.17) is 0 Å². The number of amides is 1. The Balaban J connectivity index is 0.00000144. The van der Waals surface area contributed by atoms with Gasteiger partial charge in [0.2, 0.25) is 11.5 Å². The molecule has 94 valence electrons. The van der Waals surface area contributed by atoms with Crippen LogP contribution in [-0.2, 0) is 4.79 Å². The van der Waals surface area contributed by atoms with E-state index in [2.05, 4.69) is 15.6 Å². The number of hydrogen-bond donors (Lipinski definition) is 3. The zero-order valence-electron chi connectivity index (χ0n) is 9.36. The molecule has 1 aliphatic heterocycles. The van der Waals surface area contributed by atoms with E-state index in [-0.39, 0.29) is 29.8 Å². The molecule has 0 radical (unpaired) electrons. The molecule has 2 heterocycles. The van der Waals surface area contributed by atoms with Crippen molar-refractivity contribution in [2.45, 2.75) is 12.8 Å². The monoisotopic (exact) mass is 257 g/mol. The van der Waals surface area contributed by atoms with Crippen molar-refractivity contribution in [3.8, 4) is 0 Å². The Morgan fingerprint density at radius 3 is 2.59 bits per heavy atom. The van der Waals surface area contributed by atoms with Gasteiger partial charge in [0.15, 0.2) is 0 Å². The van der Waals surface area contributed by atoms with E-state index < -0.39 is 0 Å². The summed E-state index contributed by atoms with van der Waals surface area (Å²) in [4.78, 5) is 25.2. The van der Waals surface area contributed by atoms with Gasteiger partial charge in [0.1, 0.15) is 0 Å². The van der Waals surface area contributed by atoms with Crippen LogP contribution < -0.4 is 16.2 Å². The van der Waals surface area contributed by atoms with Crippen LogP contribution in [0.4, 0.5) is 5.69 Å². The lowest BCUT2D eigenvalue weighted by Gasteiger charge is -2.21. The van der Waals surface area contributed by atoms with Gasteiger partial charge in [-0.05, 0) is 32.0 Å². The molecule has 0 saturated carbocycles. The number of aromatic amines is 1. The second kappa shape index (κ2) is 6.42. The molecule has 6 heteroatoms. The number of piperidine rings is 1. The first-order chi connectivity index (χ1) is 7.75. The van der Waals surface area contributed by atoms with Crippen molar-refractivity contribution in [3.63, 3.8) is 0 Å². The van der Waals surface area contributed by atoms with Gasteiger partial charge in [-0.2, -0.15) is 0 Å². The molecular weight excluding hydrogens is 242 g/mol. The molecule has 0 aliphatic carbocycles. The molecule has 0 spiro atoms. The second-order valence-electron chi connectivity index (χ2n) is 3.96. The summed E-state index contributed by atoms with van der Waals surface area (Å²) in [6.45, 7) is 1.79. The fourth-order valence-electron chi connectivity index (χ4n) is 1.82. The average Bonchev–Trinajstić information content (AvgIpc) is 2.33. The molecule has 1 aliphatic rings. The minimum Gasteiger partial charge on any atom is -0.327 e. The van der Waals surface area contributed by atoms with Crippen molar-refractivity contribution in [1.82, 2.24) is 10.3 Å². The van der Waals surface area contributed by atoms with Crippen molar-refractivity contribution in [1.29, 1.82) is 0 Å². The number of anilines is 1. The minimum atomic E-state index is -0.167.